The van der Waals surface area contributed by atoms with E-state index in [0.717, 1.165) is 0 Å². The molecule has 0 spiro atoms. The zero-order valence-electron chi connectivity index (χ0n) is 9.68. The van der Waals surface area contributed by atoms with E-state index in [1.165, 1.54) is 6.20 Å². The van der Waals surface area contributed by atoms with Crippen molar-refractivity contribution in [1.29, 1.82) is 5.26 Å². The number of hydrogen-bond donors (Lipinski definition) is 0. The fourth-order valence-corrected chi connectivity index (χ4v) is 2.05. The van der Waals surface area contributed by atoms with Crippen LogP contribution in [0, 0.1) is 11.3 Å². The summed E-state index contributed by atoms with van der Waals surface area (Å²) >= 11 is 11.9. The summed E-state index contributed by atoms with van der Waals surface area (Å²) in [5.41, 5.74) is 0.623. The Bertz CT molecular complexity index is 650. The number of nitrogens with zero attached hydrogens (tertiary/aromatic N) is 2. The Morgan fingerprint density at radius 2 is 2.00 bits per heavy atom. The van der Waals surface area contributed by atoms with Crippen LogP contribution in [0.1, 0.15) is 22.0 Å². The summed E-state index contributed by atoms with van der Waals surface area (Å²) in [6, 6.07) is 11.8. The molecule has 1 heterocycles. The van der Waals surface area contributed by atoms with Crippen molar-refractivity contribution in [3.8, 4) is 6.07 Å². The lowest BCUT2D eigenvalue weighted by Gasteiger charge is -2.09. The maximum Gasteiger partial charge on any atom is 0.187 e. The molecule has 19 heavy (non-hydrogen) atoms. The molecule has 2 aromatic rings. The summed E-state index contributed by atoms with van der Waals surface area (Å²) in [6.45, 7) is 0. The van der Waals surface area contributed by atoms with E-state index in [1.807, 2.05) is 6.07 Å². The van der Waals surface area contributed by atoms with Gasteiger partial charge >= 0.3 is 0 Å². The van der Waals surface area contributed by atoms with Crippen molar-refractivity contribution in [2.45, 2.75) is 5.92 Å². The minimum atomic E-state index is -0.989. The second-order valence-electron chi connectivity index (χ2n) is 3.78. The second kappa shape index (κ2) is 5.83. The van der Waals surface area contributed by atoms with Crippen LogP contribution in [0.5, 0.6) is 0 Å². The van der Waals surface area contributed by atoms with Crippen LogP contribution in [-0.2, 0) is 0 Å². The van der Waals surface area contributed by atoms with E-state index < -0.39 is 11.7 Å². The molecular weight excluding hydrogens is 283 g/mol. The van der Waals surface area contributed by atoms with Crippen LogP contribution in [0.4, 0.5) is 0 Å². The molecule has 0 radical (unpaired) electrons. The highest BCUT2D eigenvalue weighted by molar-refractivity contribution is 6.44. The van der Waals surface area contributed by atoms with E-state index in [1.54, 1.807) is 36.4 Å². The molecule has 0 fully saturated rings. The van der Waals surface area contributed by atoms with E-state index in [4.69, 9.17) is 23.2 Å². The molecule has 1 aromatic carbocycles. The molecular formula is C14H8Cl2N2O. The Labute approximate surface area is 120 Å². The average molecular weight is 291 g/mol. The van der Waals surface area contributed by atoms with E-state index in [0.29, 0.717) is 5.69 Å². The number of hydrogen-bond acceptors (Lipinski definition) is 3. The highest BCUT2D eigenvalue weighted by atomic mass is 35.5. The maximum atomic E-state index is 12.3. The first kappa shape index (κ1) is 13.5. The zero-order chi connectivity index (χ0) is 13.8. The molecule has 0 unspecified atom stereocenters. The lowest BCUT2D eigenvalue weighted by atomic mass is 9.95. The van der Waals surface area contributed by atoms with Gasteiger partial charge < -0.3 is 0 Å². The molecule has 2 rings (SSSR count). The average Bonchev–Trinajstić information content (AvgIpc) is 2.44. The van der Waals surface area contributed by atoms with Gasteiger partial charge in [0, 0.05) is 11.8 Å². The van der Waals surface area contributed by atoms with Gasteiger partial charge in [-0.2, -0.15) is 5.26 Å². The minimum Gasteiger partial charge on any atom is -0.292 e. The number of halogens is 2. The highest BCUT2D eigenvalue weighted by Gasteiger charge is 2.25. The molecule has 0 amide bonds. The number of pyridine rings is 1. The van der Waals surface area contributed by atoms with Gasteiger partial charge in [0.1, 0.15) is 0 Å². The number of benzene rings is 1. The summed E-state index contributed by atoms with van der Waals surface area (Å²) in [6.07, 6.45) is 1.53. The first-order chi connectivity index (χ1) is 9.15. The zero-order valence-corrected chi connectivity index (χ0v) is 11.2. The SMILES string of the molecule is N#C[C@H](C(=O)c1cccc(Cl)c1Cl)c1ccccn1. The Kier molecular flexibility index (Phi) is 4.16. The van der Waals surface area contributed by atoms with Crippen molar-refractivity contribution < 1.29 is 4.79 Å². The third-order valence-electron chi connectivity index (χ3n) is 2.59. The molecule has 1 aromatic heterocycles. The molecule has 94 valence electrons. The monoisotopic (exact) mass is 290 g/mol. The number of nitriles is 1. The van der Waals surface area contributed by atoms with E-state index in [9.17, 15) is 10.1 Å². The van der Waals surface area contributed by atoms with Crippen molar-refractivity contribution in [2.75, 3.05) is 0 Å². The number of carbonyl (C=O) groups excluding carboxylic acids is 1. The summed E-state index contributed by atoms with van der Waals surface area (Å²) in [5.74, 6) is -1.40. The van der Waals surface area contributed by atoms with Crippen LogP contribution in [0.15, 0.2) is 42.6 Å². The third-order valence-corrected chi connectivity index (χ3v) is 3.41. The standard InChI is InChI=1S/C14H8Cl2N2O/c15-11-5-3-4-9(13(11)16)14(19)10(8-17)12-6-1-2-7-18-12/h1-7,10H/t10-/m0/s1. The van der Waals surface area contributed by atoms with Gasteiger partial charge in [-0.25, -0.2) is 0 Å². The first-order valence-electron chi connectivity index (χ1n) is 5.44. The van der Waals surface area contributed by atoms with Crippen molar-refractivity contribution in [3.63, 3.8) is 0 Å². The van der Waals surface area contributed by atoms with E-state index in [-0.39, 0.29) is 15.6 Å². The first-order valence-corrected chi connectivity index (χ1v) is 6.19. The quantitative estimate of drug-likeness (QED) is 0.806. The molecule has 5 heteroatoms. The maximum absolute atomic E-state index is 12.3. The molecule has 0 aliphatic carbocycles. The van der Waals surface area contributed by atoms with E-state index >= 15 is 0 Å². The van der Waals surface area contributed by atoms with Crippen LogP contribution in [0.2, 0.25) is 10.0 Å². The van der Waals surface area contributed by atoms with Crippen molar-refractivity contribution in [2.24, 2.45) is 0 Å². The van der Waals surface area contributed by atoms with Crippen molar-refractivity contribution >= 4 is 29.0 Å². The molecule has 3 nitrogen and oxygen atoms in total. The molecule has 0 N–H and O–H groups in total. The molecule has 0 saturated heterocycles. The van der Waals surface area contributed by atoms with Gasteiger partial charge in [-0.05, 0) is 24.3 Å². The molecule has 0 bridgehead atoms. The van der Waals surface area contributed by atoms with Crippen LogP contribution >= 0.6 is 23.2 Å². The minimum absolute atomic E-state index is 0.158. The number of ketones is 1. The van der Waals surface area contributed by atoms with Gasteiger partial charge in [0.25, 0.3) is 0 Å². The molecule has 1 atom stereocenters. The largest absolute Gasteiger partial charge is 0.292 e. The lowest BCUT2D eigenvalue weighted by molar-refractivity contribution is 0.0977. The van der Waals surface area contributed by atoms with E-state index in [2.05, 4.69) is 4.98 Å². The van der Waals surface area contributed by atoms with Gasteiger partial charge in [0.05, 0.1) is 21.8 Å². The van der Waals surface area contributed by atoms with Gasteiger partial charge in [-0.1, -0.05) is 35.3 Å². The lowest BCUT2D eigenvalue weighted by Crippen LogP contribution is -2.13. The second-order valence-corrected chi connectivity index (χ2v) is 4.57. The summed E-state index contributed by atoms with van der Waals surface area (Å²) in [4.78, 5) is 16.4. The smallest absolute Gasteiger partial charge is 0.187 e. The fourth-order valence-electron chi connectivity index (χ4n) is 1.66. The fraction of sp³-hybridized carbons (Fsp3) is 0.0714. The summed E-state index contributed by atoms with van der Waals surface area (Å²) < 4.78 is 0. The Hall–Kier alpha value is -1.89. The van der Waals surface area contributed by atoms with Gasteiger partial charge in [-0.3, -0.25) is 9.78 Å². The molecule has 0 aliphatic rings. The third kappa shape index (κ3) is 2.76. The highest BCUT2D eigenvalue weighted by Crippen LogP contribution is 2.29. The number of aromatic nitrogens is 1. The van der Waals surface area contributed by atoms with Crippen LogP contribution in [0.25, 0.3) is 0 Å². The number of Topliss-reactive ketones (excluding diaryl/α,β-unsaturated/α-hetero) is 1. The number of carbonyl (C=O) groups is 1. The van der Waals surface area contributed by atoms with Crippen molar-refractivity contribution in [3.05, 3.63) is 63.9 Å². The predicted molar refractivity (Wildman–Crippen MR) is 73.4 cm³/mol. The molecule has 0 saturated carbocycles. The Balaban J connectivity index is 2.43. The predicted octanol–water partition coefficient (Wildman–Crippen LogP) is 3.88. The van der Waals surface area contributed by atoms with Gasteiger partial charge in [-0.15, -0.1) is 0 Å². The topological polar surface area (TPSA) is 53.8 Å². The normalized spacial score (nSPS) is 11.6. The molecule has 0 aliphatic heterocycles. The summed E-state index contributed by atoms with van der Waals surface area (Å²) in [5, 5.41) is 9.62. The van der Waals surface area contributed by atoms with Gasteiger partial charge in [0.15, 0.2) is 11.7 Å². The number of rotatable bonds is 3. The van der Waals surface area contributed by atoms with Crippen LogP contribution in [-0.4, -0.2) is 10.8 Å². The van der Waals surface area contributed by atoms with Crippen LogP contribution in [0.3, 0.4) is 0 Å². The summed E-state index contributed by atoms with van der Waals surface area (Å²) in [7, 11) is 0. The van der Waals surface area contributed by atoms with Crippen LogP contribution < -0.4 is 0 Å². The van der Waals surface area contributed by atoms with Gasteiger partial charge in [0.2, 0.25) is 0 Å². The van der Waals surface area contributed by atoms with Crippen molar-refractivity contribution in [1.82, 2.24) is 4.98 Å². The Morgan fingerprint density at radius 3 is 2.63 bits per heavy atom. The Morgan fingerprint density at radius 1 is 1.21 bits per heavy atom.